The quantitative estimate of drug-likeness (QED) is 0.449. The van der Waals surface area contributed by atoms with Gasteiger partial charge in [0.25, 0.3) is 5.69 Å². The zero-order valence-electron chi connectivity index (χ0n) is 7.16. The van der Waals surface area contributed by atoms with Crippen molar-refractivity contribution in [2.45, 2.75) is 12.3 Å². The number of nitro groups is 1. The van der Waals surface area contributed by atoms with E-state index in [0.717, 1.165) is 18.2 Å². The average molecular weight is 223 g/mol. The molecule has 82 valence electrons. The van der Waals surface area contributed by atoms with E-state index in [9.17, 15) is 27.7 Å². The normalized spacial score (nSPS) is 11.8. The lowest BCUT2D eigenvalue weighted by atomic mass is 10.1. The molecule has 0 saturated carbocycles. The van der Waals surface area contributed by atoms with Crippen LogP contribution < -0.4 is 0 Å². The Morgan fingerprint density at radius 1 is 1.33 bits per heavy atom. The fourth-order valence-electron chi connectivity index (χ4n) is 0.953. The van der Waals surface area contributed by atoms with Crippen LogP contribution in [0, 0.1) is 10.1 Å². The number of benzene rings is 1. The molecule has 7 heteroatoms. The third-order valence-corrected chi connectivity index (χ3v) is 1.72. The number of rotatable bonds is 3. The summed E-state index contributed by atoms with van der Waals surface area (Å²) < 4.78 is 49.3. The van der Waals surface area contributed by atoms with Gasteiger partial charge in [-0.05, 0) is 0 Å². The molecule has 1 rings (SSSR count). The lowest BCUT2D eigenvalue weighted by molar-refractivity contribution is -0.385. The molecule has 0 aromatic heterocycles. The van der Waals surface area contributed by atoms with Crippen molar-refractivity contribution in [3.63, 3.8) is 0 Å². The summed E-state index contributed by atoms with van der Waals surface area (Å²) >= 11 is 0. The molecule has 0 N–H and O–H groups in total. The fourth-order valence-corrected chi connectivity index (χ4v) is 0.953. The summed E-state index contributed by atoms with van der Waals surface area (Å²) in [6.45, 7) is 0. The average Bonchev–Trinajstić information content (AvgIpc) is 2.17. The minimum Gasteiger partial charge on any atom is -0.258 e. The van der Waals surface area contributed by atoms with E-state index < -0.39 is 28.5 Å². The zero-order chi connectivity index (χ0) is 11.6. The molecule has 0 spiro atoms. The van der Waals surface area contributed by atoms with Crippen molar-refractivity contribution in [1.29, 1.82) is 0 Å². The first-order valence-electron chi connectivity index (χ1n) is 3.76. The second-order valence-corrected chi connectivity index (χ2v) is 2.73. The Bertz CT molecular complexity index is 381. The van der Waals surface area contributed by atoms with Crippen molar-refractivity contribution in [3.05, 3.63) is 39.9 Å². The van der Waals surface area contributed by atoms with E-state index in [-0.39, 0.29) is 0 Å². The predicted molar refractivity (Wildman–Crippen MR) is 43.0 cm³/mol. The number of alkyl halides is 4. The van der Waals surface area contributed by atoms with E-state index in [0.29, 0.717) is 6.07 Å². The van der Waals surface area contributed by atoms with Gasteiger partial charge in [0.15, 0.2) is 0 Å². The Morgan fingerprint density at radius 3 is 2.40 bits per heavy atom. The second-order valence-electron chi connectivity index (χ2n) is 2.73. The van der Waals surface area contributed by atoms with Gasteiger partial charge in [-0.25, -0.2) is 8.78 Å². The molecule has 3 nitrogen and oxygen atoms in total. The molecule has 0 aliphatic carbocycles. The molecule has 0 aliphatic rings. The molecule has 0 atom stereocenters. The highest BCUT2D eigenvalue weighted by Crippen LogP contribution is 2.35. The molecule has 0 radical (unpaired) electrons. The van der Waals surface area contributed by atoms with Crippen LogP contribution in [-0.2, 0) is 5.92 Å². The molecule has 0 saturated heterocycles. The Balaban J connectivity index is 3.16. The highest BCUT2D eigenvalue weighted by molar-refractivity contribution is 5.36. The Labute approximate surface area is 81.5 Å². The van der Waals surface area contributed by atoms with E-state index >= 15 is 0 Å². The number of hydrogen-bond acceptors (Lipinski definition) is 2. The maximum Gasteiger partial charge on any atom is 0.332 e. The molecular formula is C8H5F4NO2. The Kier molecular flexibility index (Phi) is 2.92. The Morgan fingerprint density at radius 2 is 1.93 bits per heavy atom. The van der Waals surface area contributed by atoms with Gasteiger partial charge in [0, 0.05) is 17.7 Å². The van der Waals surface area contributed by atoms with Crippen molar-refractivity contribution < 1.29 is 22.5 Å². The van der Waals surface area contributed by atoms with Gasteiger partial charge in [-0.15, -0.1) is 0 Å². The van der Waals surface area contributed by atoms with Crippen LogP contribution in [0.3, 0.4) is 0 Å². The third-order valence-electron chi connectivity index (χ3n) is 1.72. The lowest BCUT2D eigenvalue weighted by Crippen LogP contribution is -2.23. The molecule has 15 heavy (non-hydrogen) atoms. The summed E-state index contributed by atoms with van der Waals surface area (Å²) in [7, 11) is 0. The molecule has 0 amide bonds. The maximum atomic E-state index is 12.7. The van der Waals surface area contributed by atoms with Crippen LogP contribution >= 0.6 is 0 Å². The first-order chi connectivity index (χ1) is 6.85. The van der Waals surface area contributed by atoms with Crippen LogP contribution in [0.5, 0.6) is 0 Å². The number of halogens is 4. The number of hydrogen-bond donors (Lipinski definition) is 0. The molecular weight excluding hydrogens is 218 g/mol. The second kappa shape index (κ2) is 3.84. The summed E-state index contributed by atoms with van der Waals surface area (Å²) in [6, 6.07) is 3.04. The fraction of sp³-hybridized carbons (Fsp3) is 0.250. The number of nitro benzene ring substituents is 1. The van der Waals surface area contributed by atoms with Crippen molar-refractivity contribution in [2.24, 2.45) is 0 Å². The van der Waals surface area contributed by atoms with E-state index in [4.69, 9.17) is 0 Å². The smallest absolute Gasteiger partial charge is 0.258 e. The largest absolute Gasteiger partial charge is 0.332 e. The monoisotopic (exact) mass is 223 g/mol. The summed E-state index contributed by atoms with van der Waals surface area (Å²) in [5.41, 5.74) is -1.71. The van der Waals surface area contributed by atoms with E-state index in [2.05, 4.69) is 0 Å². The van der Waals surface area contributed by atoms with Gasteiger partial charge in [0.2, 0.25) is 0 Å². The van der Waals surface area contributed by atoms with Gasteiger partial charge in [0.1, 0.15) is 0 Å². The van der Waals surface area contributed by atoms with Crippen molar-refractivity contribution >= 4 is 5.69 Å². The molecule has 1 aromatic rings. The molecule has 0 fully saturated rings. The van der Waals surface area contributed by atoms with E-state index in [1.807, 2.05) is 0 Å². The summed E-state index contributed by atoms with van der Waals surface area (Å²) in [5, 5.41) is 10.2. The van der Waals surface area contributed by atoms with Crippen LogP contribution in [0.25, 0.3) is 0 Å². The number of non-ortho nitro benzene ring substituents is 1. The van der Waals surface area contributed by atoms with E-state index in [1.54, 1.807) is 0 Å². The van der Waals surface area contributed by atoms with Crippen LogP contribution in [-0.4, -0.2) is 11.3 Å². The lowest BCUT2D eigenvalue weighted by Gasteiger charge is -2.14. The predicted octanol–water partition coefficient (Wildman–Crippen LogP) is 2.95. The van der Waals surface area contributed by atoms with Gasteiger partial charge in [-0.2, -0.15) is 8.78 Å². The Hall–Kier alpha value is -1.66. The van der Waals surface area contributed by atoms with Crippen molar-refractivity contribution in [1.82, 2.24) is 0 Å². The minimum atomic E-state index is -4.37. The van der Waals surface area contributed by atoms with E-state index in [1.165, 1.54) is 0 Å². The molecule has 0 bridgehead atoms. The van der Waals surface area contributed by atoms with Gasteiger partial charge < -0.3 is 0 Å². The SMILES string of the molecule is O=[N+]([O-])c1cccc(C(F)(F)C(F)F)c1. The van der Waals surface area contributed by atoms with Gasteiger partial charge in [-0.1, -0.05) is 12.1 Å². The first kappa shape index (κ1) is 11.4. The summed E-state index contributed by atoms with van der Waals surface area (Å²) in [4.78, 5) is 9.30. The number of nitrogens with zero attached hydrogens (tertiary/aromatic N) is 1. The first-order valence-corrected chi connectivity index (χ1v) is 3.76. The van der Waals surface area contributed by atoms with Crippen LogP contribution in [0.15, 0.2) is 24.3 Å². The zero-order valence-corrected chi connectivity index (χ0v) is 7.16. The standard InChI is InChI=1S/C8H5F4NO2/c9-7(10)8(11,12)5-2-1-3-6(4-5)13(14)15/h1-4,7H. The third kappa shape index (κ3) is 2.23. The van der Waals surface area contributed by atoms with Crippen molar-refractivity contribution in [2.75, 3.05) is 0 Å². The maximum absolute atomic E-state index is 12.7. The van der Waals surface area contributed by atoms with Gasteiger partial charge in [-0.3, -0.25) is 10.1 Å². The highest BCUT2D eigenvalue weighted by Gasteiger charge is 2.43. The topological polar surface area (TPSA) is 43.1 Å². The van der Waals surface area contributed by atoms with Crippen LogP contribution in [0.1, 0.15) is 5.56 Å². The van der Waals surface area contributed by atoms with Crippen molar-refractivity contribution in [3.8, 4) is 0 Å². The van der Waals surface area contributed by atoms with Gasteiger partial charge >= 0.3 is 12.3 Å². The van der Waals surface area contributed by atoms with Crippen LogP contribution in [0.4, 0.5) is 23.2 Å². The van der Waals surface area contributed by atoms with Gasteiger partial charge in [0.05, 0.1) is 4.92 Å². The molecule has 0 heterocycles. The summed E-state index contributed by atoms with van der Waals surface area (Å²) in [6.07, 6.45) is -3.89. The molecule has 0 unspecified atom stereocenters. The molecule has 1 aromatic carbocycles. The highest BCUT2D eigenvalue weighted by atomic mass is 19.3. The molecule has 0 aliphatic heterocycles. The van der Waals surface area contributed by atoms with Crippen LogP contribution in [0.2, 0.25) is 0 Å². The summed E-state index contributed by atoms with van der Waals surface area (Å²) in [5.74, 6) is -4.37. The minimum absolute atomic E-state index is 0.437.